The summed E-state index contributed by atoms with van der Waals surface area (Å²) in [5.74, 6) is 1.07. The van der Waals surface area contributed by atoms with E-state index in [-0.39, 0.29) is 11.5 Å². The average Bonchev–Trinajstić information content (AvgIpc) is 2.94. The average molecular weight is 304 g/mol. The summed E-state index contributed by atoms with van der Waals surface area (Å²) >= 11 is 1.31. The van der Waals surface area contributed by atoms with Crippen molar-refractivity contribution in [3.63, 3.8) is 0 Å². The third kappa shape index (κ3) is 4.16. The van der Waals surface area contributed by atoms with Gasteiger partial charge in [0.25, 0.3) is 0 Å². The van der Waals surface area contributed by atoms with E-state index in [1.807, 2.05) is 6.92 Å². The summed E-state index contributed by atoms with van der Waals surface area (Å²) in [4.78, 5) is 12.1. The lowest BCUT2D eigenvalue weighted by molar-refractivity contribution is 0.102. The normalized spacial score (nSPS) is 10.3. The Kier molecular flexibility index (Phi) is 5.51. The molecule has 6 nitrogen and oxygen atoms in total. The second kappa shape index (κ2) is 7.58. The van der Waals surface area contributed by atoms with Crippen LogP contribution < -0.4 is 4.74 Å². The first-order valence-corrected chi connectivity index (χ1v) is 7.49. The maximum absolute atomic E-state index is 12.1. The quantitative estimate of drug-likeness (QED) is 0.423. The largest absolute Gasteiger partial charge is 0.494 e. The predicted octanol–water partition coefficient (Wildman–Crippen LogP) is 2.23. The number of ketones is 1. The van der Waals surface area contributed by atoms with E-state index in [1.54, 1.807) is 35.0 Å². The smallest absolute Gasteiger partial charge is 0.210 e. The van der Waals surface area contributed by atoms with Gasteiger partial charge in [-0.05, 0) is 41.6 Å². The summed E-state index contributed by atoms with van der Waals surface area (Å²) in [6, 6.07) is 7.12. The summed E-state index contributed by atoms with van der Waals surface area (Å²) in [5, 5.41) is 11.9. The highest BCUT2D eigenvalue weighted by atomic mass is 32.2. The zero-order valence-electron chi connectivity index (χ0n) is 11.7. The van der Waals surface area contributed by atoms with Gasteiger partial charge >= 0.3 is 0 Å². The van der Waals surface area contributed by atoms with Gasteiger partial charge in [0.1, 0.15) is 5.75 Å². The minimum Gasteiger partial charge on any atom is -0.494 e. The van der Waals surface area contributed by atoms with E-state index in [2.05, 4.69) is 22.1 Å². The fourth-order valence-corrected chi connectivity index (χ4v) is 2.44. The molecule has 7 heteroatoms. The Hall–Kier alpha value is -2.15. The van der Waals surface area contributed by atoms with Gasteiger partial charge in [0.2, 0.25) is 5.16 Å². The molecular weight excluding hydrogens is 288 g/mol. The number of allylic oxidation sites excluding steroid dienone is 1. The maximum atomic E-state index is 12.1. The maximum Gasteiger partial charge on any atom is 0.210 e. The molecule has 2 aromatic rings. The van der Waals surface area contributed by atoms with E-state index in [4.69, 9.17) is 4.74 Å². The van der Waals surface area contributed by atoms with Crippen molar-refractivity contribution in [2.24, 2.45) is 0 Å². The zero-order chi connectivity index (χ0) is 15.1. The van der Waals surface area contributed by atoms with Crippen LogP contribution in [0.15, 0.2) is 42.1 Å². The van der Waals surface area contributed by atoms with Gasteiger partial charge in [0.05, 0.1) is 18.9 Å². The van der Waals surface area contributed by atoms with E-state index < -0.39 is 0 Å². The van der Waals surface area contributed by atoms with Gasteiger partial charge in [0.15, 0.2) is 5.78 Å². The first-order valence-electron chi connectivity index (χ1n) is 6.50. The lowest BCUT2D eigenvalue weighted by Crippen LogP contribution is -2.05. The van der Waals surface area contributed by atoms with E-state index >= 15 is 0 Å². The van der Waals surface area contributed by atoms with Crippen LogP contribution in [0.5, 0.6) is 5.75 Å². The van der Waals surface area contributed by atoms with Crippen molar-refractivity contribution >= 4 is 17.5 Å². The minimum atomic E-state index is 0.0243. The fraction of sp³-hybridized carbons (Fsp3) is 0.286. The van der Waals surface area contributed by atoms with Gasteiger partial charge in [-0.1, -0.05) is 17.8 Å². The lowest BCUT2D eigenvalue weighted by atomic mass is 10.1. The number of rotatable bonds is 8. The molecule has 0 N–H and O–H groups in total. The van der Waals surface area contributed by atoms with Gasteiger partial charge in [-0.15, -0.1) is 11.7 Å². The van der Waals surface area contributed by atoms with Crippen LogP contribution in [0.1, 0.15) is 17.3 Å². The van der Waals surface area contributed by atoms with Crippen LogP contribution in [0, 0.1) is 0 Å². The summed E-state index contributed by atoms with van der Waals surface area (Å²) in [7, 11) is 0. The molecule has 0 bridgehead atoms. The number of thioether (sulfide) groups is 1. The first-order chi connectivity index (χ1) is 10.2. The Morgan fingerprint density at radius 2 is 2.19 bits per heavy atom. The summed E-state index contributed by atoms with van der Waals surface area (Å²) in [5.41, 5.74) is 0.647. The second-order valence-electron chi connectivity index (χ2n) is 4.10. The number of carbonyl (C=O) groups is 1. The third-order valence-corrected chi connectivity index (χ3v) is 3.58. The zero-order valence-corrected chi connectivity index (χ0v) is 12.5. The number of hydrogen-bond donors (Lipinski definition) is 0. The molecule has 0 fully saturated rings. The van der Waals surface area contributed by atoms with Crippen molar-refractivity contribution in [1.29, 1.82) is 0 Å². The highest BCUT2D eigenvalue weighted by Crippen LogP contribution is 2.18. The Morgan fingerprint density at radius 1 is 1.43 bits per heavy atom. The van der Waals surface area contributed by atoms with Crippen LogP contribution in [0.2, 0.25) is 0 Å². The minimum absolute atomic E-state index is 0.0243. The number of tetrazole rings is 1. The third-order valence-electron chi connectivity index (χ3n) is 2.62. The monoisotopic (exact) mass is 304 g/mol. The molecule has 0 amide bonds. The van der Waals surface area contributed by atoms with Gasteiger partial charge < -0.3 is 4.74 Å². The van der Waals surface area contributed by atoms with E-state index in [9.17, 15) is 4.79 Å². The molecule has 2 rings (SSSR count). The number of benzene rings is 1. The van der Waals surface area contributed by atoms with E-state index in [1.165, 1.54) is 11.8 Å². The SMILES string of the molecule is C=CCn1nnnc1SCC(=O)c1ccc(OCC)cc1. The van der Waals surface area contributed by atoms with Crippen LogP contribution in [0.3, 0.4) is 0 Å². The molecule has 0 spiro atoms. The first kappa shape index (κ1) is 15.2. The van der Waals surface area contributed by atoms with Crippen LogP contribution in [-0.4, -0.2) is 38.4 Å². The second-order valence-corrected chi connectivity index (χ2v) is 5.04. The molecule has 0 radical (unpaired) electrons. The molecule has 0 saturated heterocycles. The molecule has 0 aliphatic rings. The van der Waals surface area contributed by atoms with Crippen LogP contribution >= 0.6 is 11.8 Å². The van der Waals surface area contributed by atoms with E-state index in [0.29, 0.717) is 23.9 Å². The van der Waals surface area contributed by atoms with Crippen molar-refractivity contribution in [2.75, 3.05) is 12.4 Å². The molecule has 0 aliphatic carbocycles. The molecule has 1 heterocycles. The Balaban J connectivity index is 1.94. The van der Waals surface area contributed by atoms with Crippen molar-refractivity contribution < 1.29 is 9.53 Å². The van der Waals surface area contributed by atoms with Crippen molar-refractivity contribution in [3.05, 3.63) is 42.5 Å². The Bertz CT molecular complexity index is 610. The molecule has 110 valence electrons. The van der Waals surface area contributed by atoms with Crippen LogP contribution in [0.4, 0.5) is 0 Å². The molecule has 0 unspecified atom stereocenters. The van der Waals surface area contributed by atoms with Gasteiger partial charge in [-0.3, -0.25) is 4.79 Å². The highest BCUT2D eigenvalue weighted by molar-refractivity contribution is 7.99. The fourth-order valence-electron chi connectivity index (χ4n) is 1.65. The molecule has 0 aliphatic heterocycles. The lowest BCUT2D eigenvalue weighted by Gasteiger charge is -2.04. The molecule has 0 saturated carbocycles. The summed E-state index contributed by atoms with van der Waals surface area (Å²) in [6.07, 6.45) is 1.70. The summed E-state index contributed by atoms with van der Waals surface area (Å²) < 4.78 is 6.95. The number of hydrogen-bond acceptors (Lipinski definition) is 6. The molecule has 21 heavy (non-hydrogen) atoms. The molecule has 0 atom stereocenters. The number of aromatic nitrogens is 4. The van der Waals surface area contributed by atoms with Gasteiger partial charge in [-0.2, -0.15) is 0 Å². The topological polar surface area (TPSA) is 69.9 Å². The predicted molar refractivity (Wildman–Crippen MR) is 80.7 cm³/mol. The number of ether oxygens (including phenoxy) is 1. The number of nitrogens with zero attached hydrogens (tertiary/aromatic N) is 4. The van der Waals surface area contributed by atoms with Gasteiger partial charge in [-0.25, -0.2) is 4.68 Å². The van der Waals surface area contributed by atoms with E-state index in [0.717, 1.165) is 5.75 Å². The Labute approximate surface area is 127 Å². The van der Waals surface area contributed by atoms with Crippen molar-refractivity contribution in [2.45, 2.75) is 18.6 Å². The number of carbonyl (C=O) groups excluding carboxylic acids is 1. The summed E-state index contributed by atoms with van der Waals surface area (Å²) in [6.45, 7) is 6.68. The van der Waals surface area contributed by atoms with Crippen molar-refractivity contribution in [3.8, 4) is 5.75 Å². The van der Waals surface area contributed by atoms with Crippen LogP contribution in [0.25, 0.3) is 0 Å². The van der Waals surface area contributed by atoms with Gasteiger partial charge in [0, 0.05) is 5.56 Å². The molecule has 1 aromatic heterocycles. The van der Waals surface area contributed by atoms with Crippen LogP contribution in [-0.2, 0) is 6.54 Å². The molecular formula is C14H16N4O2S. The highest BCUT2D eigenvalue weighted by Gasteiger charge is 2.11. The Morgan fingerprint density at radius 3 is 2.86 bits per heavy atom. The molecule has 1 aromatic carbocycles. The number of Topliss-reactive ketones (excluding diaryl/α,β-unsaturated/α-hetero) is 1. The standard InChI is InChI=1S/C14H16N4O2S/c1-3-9-18-14(15-16-17-18)21-10-13(19)11-5-7-12(8-6-11)20-4-2/h3,5-8H,1,4,9-10H2,2H3. The van der Waals surface area contributed by atoms with Crippen molar-refractivity contribution in [1.82, 2.24) is 20.2 Å².